The van der Waals surface area contributed by atoms with Crippen molar-refractivity contribution in [1.29, 1.82) is 0 Å². The largest absolute Gasteiger partial charge is 0.476 e. The smallest absolute Gasteiger partial charge is 0.421 e. The second-order valence-electron chi connectivity index (χ2n) is 7.61. The first kappa shape index (κ1) is 21.8. The number of nitrogens with zero attached hydrogens (tertiary/aromatic N) is 3. The number of rotatable bonds is 5. The van der Waals surface area contributed by atoms with Crippen molar-refractivity contribution in [3.8, 4) is 22.5 Å². The molecule has 0 saturated heterocycles. The highest BCUT2D eigenvalue weighted by Crippen LogP contribution is 2.35. The molecule has 0 saturated carbocycles. The summed E-state index contributed by atoms with van der Waals surface area (Å²) in [5, 5.41) is 10.6. The van der Waals surface area contributed by atoms with Crippen LogP contribution in [0.1, 0.15) is 10.5 Å². The van der Waals surface area contributed by atoms with Crippen molar-refractivity contribution in [3.05, 3.63) is 96.8 Å². The van der Waals surface area contributed by atoms with Gasteiger partial charge in [-0.25, -0.2) is 24.5 Å². The van der Waals surface area contributed by atoms with Crippen molar-refractivity contribution in [1.82, 2.24) is 9.97 Å². The molecule has 0 bridgehead atoms. The Morgan fingerprint density at radius 1 is 0.886 bits per heavy atom. The fourth-order valence-electron chi connectivity index (χ4n) is 3.77. The lowest BCUT2D eigenvalue weighted by Gasteiger charge is -2.19. The second kappa shape index (κ2) is 9.11. The molecule has 2 aromatic heterocycles. The minimum absolute atomic E-state index is 0.0774. The van der Waals surface area contributed by atoms with Crippen molar-refractivity contribution in [3.63, 3.8) is 0 Å². The quantitative estimate of drug-likeness (QED) is 0.331. The van der Waals surface area contributed by atoms with E-state index in [0.717, 1.165) is 21.4 Å². The van der Waals surface area contributed by atoms with Crippen LogP contribution in [0.3, 0.4) is 0 Å². The predicted molar refractivity (Wildman–Crippen MR) is 131 cm³/mol. The average Bonchev–Trinajstić information content (AvgIpc) is 3.32. The number of hydrogen-bond acceptors (Lipinski definition) is 6. The molecule has 0 unspecified atom stereocenters. The van der Waals surface area contributed by atoms with E-state index in [-0.39, 0.29) is 23.1 Å². The summed E-state index contributed by atoms with van der Waals surface area (Å²) in [5.41, 5.74) is 2.72. The van der Waals surface area contributed by atoms with Crippen molar-refractivity contribution in [2.75, 3.05) is 12.0 Å². The highest BCUT2D eigenvalue weighted by Gasteiger charge is 2.29. The molecular weight excluding hydrogens is 446 g/mol. The lowest BCUT2D eigenvalue weighted by Crippen LogP contribution is -2.28. The zero-order valence-corrected chi connectivity index (χ0v) is 18.6. The number of amides is 1. The van der Waals surface area contributed by atoms with Crippen LogP contribution in [0.2, 0.25) is 0 Å². The van der Waals surface area contributed by atoms with Gasteiger partial charge >= 0.3 is 12.1 Å². The summed E-state index contributed by atoms with van der Waals surface area (Å²) in [6.45, 7) is 0. The summed E-state index contributed by atoms with van der Waals surface area (Å²) in [6, 6.07) is 26.1. The van der Waals surface area contributed by atoms with Crippen LogP contribution in [0.15, 0.2) is 95.5 Å². The van der Waals surface area contributed by atoms with Crippen molar-refractivity contribution < 1.29 is 23.8 Å². The minimum Gasteiger partial charge on any atom is -0.476 e. The third kappa shape index (κ3) is 4.20. The van der Waals surface area contributed by atoms with E-state index in [4.69, 9.17) is 9.15 Å². The Labute approximate surface area is 200 Å². The normalized spacial score (nSPS) is 10.8. The molecule has 0 fully saturated rings. The van der Waals surface area contributed by atoms with Gasteiger partial charge in [-0.1, -0.05) is 66.7 Å². The average molecular weight is 465 g/mol. The molecule has 0 atom stereocenters. The summed E-state index contributed by atoms with van der Waals surface area (Å²) in [5.74, 6) is -1.03. The number of carboxylic acid groups (broad SMARTS) is 1. The monoisotopic (exact) mass is 465 g/mol. The number of methoxy groups -OCH3 is 1. The van der Waals surface area contributed by atoms with Gasteiger partial charge in [-0.3, -0.25) is 0 Å². The third-order valence-electron chi connectivity index (χ3n) is 5.43. The number of aromatic nitrogens is 2. The number of benzene rings is 3. The van der Waals surface area contributed by atoms with E-state index in [1.54, 1.807) is 36.4 Å². The van der Waals surface area contributed by atoms with Gasteiger partial charge < -0.3 is 14.3 Å². The molecular formula is C27H19N3O5. The predicted octanol–water partition coefficient (Wildman–Crippen LogP) is 6.16. The van der Waals surface area contributed by atoms with Gasteiger partial charge in [0.05, 0.1) is 13.3 Å². The highest BCUT2D eigenvalue weighted by molar-refractivity contribution is 6.03. The van der Waals surface area contributed by atoms with E-state index in [1.165, 1.54) is 13.3 Å². The number of aromatic carboxylic acids is 1. The fourth-order valence-corrected chi connectivity index (χ4v) is 3.77. The van der Waals surface area contributed by atoms with E-state index >= 15 is 0 Å². The molecule has 35 heavy (non-hydrogen) atoms. The first-order valence-electron chi connectivity index (χ1n) is 10.7. The maximum Gasteiger partial charge on any atom is 0.421 e. The summed E-state index contributed by atoms with van der Waals surface area (Å²) >= 11 is 0. The van der Waals surface area contributed by atoms with Gasteiger partial charge in [-0.15, -0.1) is 0 Å². The van der Waals surface area contributed by atoms with Crippen LogP contribution in [0.4, 0.5) is 16.4 Å². The minimum atomic E-state index is -1.32. The van der Waals surface area contributed by atoms with Crippen LogP contribution in [-0.4, -0.2) is 34.2 Å². The molecule has 0 aliphatic rings. The zero-order valence-electron chi connectivity index (χ0n) is 18.6. The first-order valence-corrected chi connectivity index (χ1v) is 10.7. The zero-order chi connectivity index (χ0) is 24.4. The lowest BCUT2D eigenvalue weighted by atomic mass is 10.0. The number of hydrogen-bond donors (Lipinski definition) is 1. The van der Waals surface area contributed by atoms with Crippen LogP contribution in [0.5, 0.6) is 0 Å². The summed E-state index contributed by atoms with van der Waals surface area (Å²) < 4.78 is 10.9. The van der Waals surface area contributed by atoms with Crippen molar-refractivity contribution in [2.45, 2.75) is 0 Å². The SMILES string of the molecule is COC(=O)N(c1cc2cc(-c3ccccc3)ccc2o1)c1cnc(-c2ccccc2)nc1C(=O)O. The lowest BCUT2D eigenvalue weighted by molar-refractivity contribution is 0.0691. The number of carbonyl (C=O) groups excluding carboxylic acids is 1. The standard InChI is InChI=1S/C27H19N3O5/c1-34-27(33)30(21-16-28-25(29-24(21)26(31)32)18-10-6-3-7-11-18)23-15-20-14-19(12-13-22(20)35-23)17-8-4-2-5-9-17/h2-16H,1H3,(H,31,32). The molecule has 1 N–H and O–H groups in total. The molecule has 5 rings (SSSR count). The third-order valence-corrected chi connectivity index (χ3v) is 5.43. The van der Waals surface area contributed by atoms with E-state index in [1.807, 2.05) is 48.5 Å². The molecule has 1 amide bonds. The van der Waals surface area contributed by atoms with Gasteiger partial charge in [0.2, 0.25) is 5.88 Å². The Hall–Kier alpha value is -4.98. The molecule has 0 radical (unpaired) electrons. The summed E-state index contributed by atoms with van der Waals surface area (Å²) in [7, 11) is 1.20. The van der Waals surface area contributed by atoms with Crippen LogP contribution >= 0.6 is 0 Å². The van der Waals surface area contributed by atoms with Gasteiger partial charge in [0.1, 0.15) is 11.3 Å². The van der Waals surface area contributed by atoms with E-state index < -0.39 is 12.1 Å². The van der Waals surface area contributed by atoms with Gasteiger partial charge in [-0.2, -0.15) is 0 Å². The van der Waals surface area contributed by atoms with Crippen molar-refractivity contribution >= 4 is 34.6 Å². The number of carbonyl (C=O) groups is 2. The molecule has 8 nitrogen and oxygen atoms in total. The van der Waals surface area contributed by atoms with E-state index in [9.17, 15) is 14.7 Å². The van der Waals surface area contributed by atoms with Gasteiger partial charge in [0.15, 0.2) is 11.5 Å². The van der Waals surface area contributed by atoms with Crippen LogP contribution in [0.25, 0.3) is 33.5 Å². The van der Waals surface area contributed by atoms with Gasteiger partial charge in [0.25, 0.3) is 0 Å². The molecule has 0 aliphatic heterocycles. The maximum atomic E-state index is 12.8. The van der Waals surface area contributed by atoms with Gasteiger partial charge in [0, 0.05) is 17.0 Å². The van der Waals surface area contributed by atoms with Crippen molar-refractivity contribution in [2.24, 2.45) is 0 Å². The molecule has 5 aromatic rings. The Morgan fingerprint density at radius 3 is 2.23 bits per heavy atom. The number of furan rings is 1. The van der Waals surface area contributed by atoms with Crippen LogP contribution < -0.4 is 4.90 Å². The molecule has 3 aromatic carbocycles. The maximum absolute atomic E-state index is 12.8. The first-order chi connectivity index (χ1) is 17.0. The molecule has 0 spiro atoms. The molecule has 172 valence electrons. The molecule has 2 heterocycles. The number of carboxylic acids is 1. The highest BCUT2D eigenvalue weighted by atomic mass is 16.5. The fraction of sp³-hybridized carbons (Fsp3) is 0.0370. The number of ether oxygens (including phenoxy) is 1. The van der Waals surface area contributed by atoms with Crippen LogP contribution in [-0.2, 0) is 4.74 Å². The van der Waals surface area contributed by atoms with Crippen LogP contribution in [0, 0.1) is 0 Å². The Balaban J connectivity index is 1.62. The number of fused-ring (bicyclic) bond motifs is 1. The summed E-state index contributed by atoms with van der Waals surface area (Å²) in [4.78, 5) is 34.5. The van der Waals surface area contributed by atoms with E-state index in [2.05, 4.69) is 9.97 Å². The Bertz CT molecular complexity index is 1530. The van der Waals surface area contributed by atoms with E-state index in [0.29, 0.717) is 11.1 Å². The second-order valence-corrected chi connectivity index (χ2v) is 7.61. The Morgan fingerprint density at radius 2 is 1.57 bits per heavy atom. The molecule has 8 heteroatoms. The number of anilines is 2. The van der Waals surface area contributed by atoms with Gasteiger partial charge in [-0.05, 0) is 23.3 Å². The Kier molecular flexibility index (Phi) is 5.68. The molecule has 0 aliphatic carbocycles. The topological polar surface area (TPSA) is 106 Å². The summed E-state index contributed by atoms with van der Waals surface area (Å²) in [6.07, 6.45) is 0.434.